The van der Waals surface area contributed by atoms with Gasteiger partial charge in [0.2, 0.25) is 0 Å². The Morgan fingerprint density at radius 1 is 1.32 bits per heavy atom. The minimum atomic E-state index is -0.585. The summed E-state index contributed by atoms with van der Waals surface area (Å²) >= 11 is 0. The third-order valence-corrected chi connectivity index (χ3v) is 4.36. The quantitative estimate of drug-likeness (QED) is 0.774. The molecule has 0 radical (unpaired) electrons. The van der Waals surface area contributed by atoms with E-state index in [-0.39, 0.29) is 17.4 Å². The molecule has 1 aromatic carbocycles. The lowest BCUT2D eigenvalue weighted by atomic mass is 9.97. The van der Waals surface area contributed by atoms with Crippen LogP contribution in [-0.4, -0.2) is 41.3 Å². The third-order valence-electron chi connectivity index (χ3n) is 4.36. The highest BCUT2D eigenvalue weighted by atomic mass is 19.1. The van der Waals surface area contributed by atoms with Crippen LogP contribution in [0.1, 0.15) is 27.7 Å². The Bertz CT molecular complexity index is 904. The van der Waals surface area contributed by atoms with E-state index in [1.807, 2.05) is 0 Å². The number of aromatic amines is 1. The fourth-order valence-corrected chi connectivity index (χ4v) is 3.24. The number of carbonyl (C=O) groups is 1. The van der Waals surface area contributed by atoms with Crippen molar-refractivity contribution < 1.29 is 18.3 Å². The van der Waals surface area contributed by atoms with Gasteiger partial charge in [-0.05, 0) is 18.2 Å². The number of hydrogen-bond donors (Lipinski definition) is 1. The summed E-state index contributed by atoms with van der Waals surface area (Å²) in [6.45, 7) is 0.684. The molecule has 25 heavy (non-hydrogen) atoms. The number of halogens is 1. The van der Waals surface area contributed by atoms with Gasteiger partial charge in [0.1, 0.15) is 11.5 Å². The predicted molar refractivity (Wildman–Crippen MR) is 87.4 cm³/mol. The second-order valence-electron chi connectivity index (χ2n) is 5.75. The number of benzene rings is 1. The molecule has 1 aliphatic heterocycles. The van der Waals surface area contributed by atoms with Crippen molar-refractivity contribution in [1.82, 2.24) is 15.1 Å². The van der Waals surface area contributed by atoms with Crippen molar-refractivity contribution in [3.8, 4) is 11.5 Å². The SMILES string of the molecule is COCCN1C(=O)c2n[nH]c(-c3ccco3)c2[C@H]1c1ccccc1F. The number of amides is 1. The minimum absolute atomic E-state index is 0.255. The molecule has 2 aromatic heterocycles. The van der Waals surface area contributed by atoms with Crippen molar-refractivity contribution in [3.63, 3.8) is 0 Å². The van der Waals surface area contributed by atoms with Crippen molar-refractivity contribution in [3.05, 3.63) is 65.3 Å². The maximum Gasteiger partial charge on any atom is 0.275 e. The molecule has 0 saturated carbocycles. The largest absolute Gasteiger partial charge is 0.463 e. The summed E-state index contributed by atoms with van der Waals surface area (Å²) < 4.78 is 25.1. The number of methoxy groups -OCH3 is 1. The Morgan fingerprint density at radius 2 is 2.16 bits per heavy atom. The molecule has 1 amide bonds. The number of hydrogen-bond acceptors (Lipinski definition) is 4. The van der Waals surface area contributed by atoms with E-state index in [4.69, 9.17) is 9.15 Å². The van der Waals surface area contributed by atoms with E-state index in [1.165, 1.54) is 6.07 Å². The number of rotatable bonds is 5. The maximum absolute atomic E-state index is 14.5. The molecule has 4 rings (SSSR count). The molecule has 1 N–H and O–H groups in total. The Labute approximate surface area is 143 Å². The van der Waals surface area contributed by atoms with Gasteiger partial charge in [-0.3, -0.25) is 9.89 Å². The summed E-state index contributed by atoms with van der Waals surface area (Å²) in [5.74, 6) is -0.0759. The van der Waals surface area contributed by atoms with E-state index in [0.29, 0.717) is 35.7 Å². The average Bonchev–Trinajstić information content (AvgIpc) is 3.32. The van der Waals surface area contributed by atoms with Gasteiger partial charge in [-0.2, -0.15) is 5.10 Å². The molecule has 0 unspecified atom stereocenters. The molecule has 1 atom stereocenters. The van der Waals surface area contributed by atoms with Crippen molar-refractivity contribution in [2.75, 3.05) is 20.3 Å². The molecule has 0 fully saturated rings. The highest BCUT2D eigenvalue weighted by Crippen LogP contribution is 2.43. The number of H-pyrrole nitrogens is 1. The second-order valence-corrected chi connectivity index (χ2v) is 5.75. The molecular formula is C18H16FN3O3. The fourth-order valence-electron chi connectivity index (χ4n) is 3.24. The number of furan rings is 1. The molecule has 0 aliphatic carbocycles. The minimum Gasteiger partial charge on any atom is -0.463 e. The van der Waals surface area contributed by atoms with Gasteiger partial charge in [0.25, 0.3) is 5.91 Å². The lowest BCUT2D eigenvalue weighted by Crippen LogP contribution is -2.33. The number of nitrogens with zero attached hydrogens (tertiary/aromatic N) is 2. The zero-order chi connectivity index (χ0) is 17.4. The number of nitrogens with one attached hydrogen (secondary N) is 1. The fraction of sp³-hybridized carbons (Fsp3) is 0.222. The van der Waals surface area contributed by atoms with E-state index >= 15 is 0 Å². The van der Waals surface area contributed by atoms with Gasteiger partial charge >= 0.3 is 0 Å². The third kappa shape index (κ3) is 2.44. The summed E-state index contributed by atoms with van der Waals surface area (Å²) in [6.07, 6.45) is 1.54. The van der Waals surface area contributed by atoms with E-state index in [9.17, 15) is 9.18 Å². The topological polar surface area (TPSA) is 71.4 Å². The monoisotopic (exact) mass is 341 g/mol. The Balaban J connectivity index is 1.88. The van der Waals surface area contributed by atoms with Crippen molar-refractivity contribution in [1.29, 1.82) is 0 Å². The molecule has 0 bridgehead atoms. The first kappa shape index (κ1) is 15.6. The van der Waals surface area contributed by atoms with Crippen LogP contribution in [-0.2, 0) is 4.74 Å². The van der Waals surface area contributed by atoms with Crippen molar-refractivity contribution in [2.24, 2.45) is 0 Å². The highest BCUT2D eigenvalue weighted by Gasteiger charge is 2.43. The number of fused-ring (bicyclic) bond motifs is 1. The summed E-state index contributed by atoms with van der Waals surface area (Å²) in [4.78, 5) is 14.4. The molecule has 128 valence electrons. The van der Waals surface area contributed by atoms with Crippen LogP contribution in [0.2, 0.25) is 0 Å². The van der Waals surface area contributed by atoms with E-state index < -0.39 is 6.04 Å². The maximum atomic E-state index is 14.5. The smallest absolute Gasteiger partial charge is 0.275 e. The van der Waals surface area contributed by atoms with Crippen molar-refractivity contribution in [2.45, 2.75) is 6.04 Å². The lowest BCUT2D eigenvalue weighted by Gasteiger charge is -2.26. The Morgan fingerprint density at radius 3 is 2.88 bits per heavy atom. The zero-order valence-electron chi connectivity index (χ0n) is 13.5. The van der Waals surface area contributed by atoms with Gasteiger partial charge in [-0.15, -0.1) is 0 Å². The summed E-state index contributed by atoms with van der Waals surface area (Å²) in [7, 11) is 1.56. The summed E-state index contributed by atoms with van der Waals surface area (Å²) in [5, 5.41) is 7.02. The molecule has 3 aromatic rings. The lowest BCUT2D eigenvalue weighted by molar-refractivity contribution is 0.0675. The van der Waals surface area contributed by atoms with Crippen LogP contribution >= 0.6 is 0 Å². The first-order valence-corrected chi connectivity index (χ1v) is 7.89. The van der Waals surface area contributed by atoms with Gasteiger partial charge in [-0.25, -0.2) is 4.39 Å². The predicted octanol–water partition coefficient (Wildman–Crippen LogP) is 3.00. The molecule has 6 nitrogen and oxygen atoms in total. The molecule has 3 heterocycles. The number of ether oxygens (including phenoxy) is 1. The molecule has 7 heteroatoms. The molecule has 0 spiro atoms. The molecular weight excluding hydrogens is 325 g/mol. The van der Waals surface area contributed by atoms with Crippen LogP contribution < -0.4 is 0 Å². The van der Waals surface area contributed by atoms with Crippen LogP contribution in [0.15, 0.2) is 47.1 Å². The normalized spacial score (nSPS) is 16.5. The number of carbonyl (C=O) groups excluding carboxylic acids is 1. The molecule has 0 saturated heterocycles. The van der Waals surface area contributed by atoms with Crippen LogP contribution in [0.5, 0.6) is 0 Å². The summed E-state index contributed by atoms with van der Waals surface area (Å²) in [6, 6.07) is 9.38. The van der Waals surface area contributed by atoms with Crippen molar-refractivity contribution >= 4 is 5.91 Å². The Hall–Kier alpha value is -2.93. The van der Waals surface area contributed by atoms with Crippen LogP contribution in [0.25, 0.3) is 11.5 Å². The van der Waals surface area contributed by atoms with Gasteiger partial charge in [0.15, 0.2) is 11.5 Å². The number of aromatic nitrogens is 2. The first-order valence-electron chi connectivity index (χ1n) is 7.89. The van der Waals surface area contributed by atoms with Gasteiger partial charge in [0, 0.05) is 24.8 Å². The standard InChI is InChI=1S/C18H16FN3O3/c1-24-10-8-22-17(11-5-2-3-6-12(11)19)14-15(13-7-4-9-25-13)20-21-16(14)18(22)23/h2-7,9,17H,8,10H2,1H3,(H,20,21)/t17-/m1/s1. The van der Waals surface area contributed by atoms with Crippen LogP contribution in [0.3, 0.4) is 0 Å². The van der Waals surface area contributed by atoms with E-state index in [2.05, 4.69) is 10.2 Å². The van der Waals surface area contributed by atoms with Crippen LogP contribution in [0, 0.1) is 5.82 Å². The average molecular weight is 341 g/mol. The first-order chi connectivity index (χ1) is 12.2. The van der Waals surface area contributed by atoms with E-state index in [1.54, 1.807) is 48.6 Å². The highest BCUT2D eigenvalue weighted by molar-refractivity contribution is 5.99. The van der Waals surface area contributed by atoms with Gasteiger partial charge in [0.05, 0.1) is 18.9 Å². The van der Waals surface area contributed by atoms with Gasteiger partial charge < -0.3 is 14.1 Å². The zero-order valence-corrected chi connectivity index (χ0v) is 13.5. The van der Waals surface area contributed by atoms with E-state index in [0.717, 1.165) is 0 Å². The summed E-state index contributed by atoms with van der Waals surface area (Å²) in [5.41, 5.74) is 1.92. The van der Waals surface area contributed by atoms with Crippen LogP contribution in [0.4, 0.5) is 4.39 Å². The Kier molecular flexibility index (Phi) is 3.85. The van der Waals surface area contributed by atoms with Gasteiger partial charge in [-0.1, -0.05) is 18.2 Å². The molecule has 1 aliphatic rings. The second kappa shape index (κ2) is 6.18.